The molecule has 1 heterocycles. The SMILES string of the molecule is Cc1ccc(S(=O)(=O)N2[C@H](c3ccc(Cl)cc3)C=C(c3ccccc3)O[C@H]2c2ccc(Cl)cc2)cc1. The predicted octanol–water partition coefficient (Wildman–Crippen LogP) is 7.80. The average Bonchev–Trinajstić information content (AvgIpc) is 2.89. The van der Waals surface area contributed by atoms with Crippen molar-refractivity contribution in [1.82, 2.24) is 4.31 Å². The van der Waals surface area contributed by atoms with Crippen molar-refractivity contribution in [3.8, 4) is 0 Å². The van der Waals surface area contributed by atoms with Gasteiger partial charge in [0.1, 0.15) is 5.76 Å². The van der Waals surface area contributed by atoms with Crippen molar-refractivity contribution < 1.29 is 13.2 Å². The molecule has 0 unspecified atom stereocenters. The number of sulfonamides is 1. The average molecular weight is 536 g/mol. The molecule has 2 atom stereocenters. The molecular weight excluding hydrogens is 513 g/mol. The Labute approximate surface area is 221 Å². The van der Waals surface area contributed by atoms with Gasteiger partial charge < -0.3 is 4.74 Å². The summed E-state index contributed by atoms with van der Waals surface area (Å²) in [4.78, 5) is 0.186. The summed E-state index contributed by atoms with van der Waals surface area (Å²) in [6, 6.07) is 30.1. The van der Waals surface area contributed by atoms with Gasteiger partial charge in [0.15, 0.2) is 6.23 Å². The van der Waals surface area contributed by atoms with E-state index in [1.807, 2.05) is 55.5 Å². The Kier molecular flexibility index (Phi) is 6.91. The highest BCUT2D eigenvalue weighted by Crippen LogP contribution is 2.45. The third-order valence-corrected chi connectivity index (χ3v) is 8.42. The van der Waals surface area contributed by atoms with Crippen molar-refractivity contribution in [3.63, 3.8) is 0 Å². The molecule has 4 aromatic rings. The number of benzene rings is 4. The smallest absolute Gasteiger partial charge is 0.247 e. The van der Waals surface area contributed by atoms with Crippen LogP contribution in [-0.4, -0.2) is 12.7 Å². The number of halogens is 2. The van der Waals surface area contributed by atoms with Gasteiger partial charge in [-0.2, -0.15) is 0 Å². The first-order valence-corrected chi connectivity index (χ1v) is 13.6. The molecule has 0 bridgehead atoms. The van der Waals surface area contributed by atoms with Gasteiger partial charge in [0.05, 0.1) is 10.9 Å². The molecule has 5 rings (SSSR count). The molecule has 0 spiro atoms. The number of hydrogen-bond donors (Lipinski definition) is 0. The van der Waals surface area contributed by atoms with Crippen molar-refractivity contribution in [3.05, 3.63) is 142 Å². The maximum atomic E-state index is 14.2. The summed E-state index contributed by atoms with van der Waals surface area (Å²) in [6.45, 7) is 1.92. The van der Waals surface area contributed by atoms with Gasteiger partial charge in [-0.05, 0) is 55.0 Å². The molecular formula is C29H23Cl2NO3S. The van der Waals surface area contributed by atoms with E-state index in [1.165, 1.54) is 4.31 Å². The maximum Gasteiger partial charge on any atom is 0.247 e. The molecule has 0 saturated heterocycles. The molecule has 1 aliphatic heterocycles. The first-order valence-electron chi connectivity index (χ1n) is 11.4. The molecule has 1 aliphatic rings. The standard InChI is InChI=1S/C29H23Cl2NO3S/c1-20-7-17-26(18-8-20)36(33,34)32-27(21-9-13-24(30)14-10-21)19-28(22-5-3-2-4-6-22)35-29(32)23-11-15-25(31)16-12-23/h2-19,27,29H,1H3/t27-,29-/m0/s1. The Balaban J connectivity index is 1.74. The minimum Gasteiger partial charge on any atom is -0.470 e. The molecule has 182 valence electrons. The number of aryl methyl sites for hydroxylation is 1. The van der Waals surface area contributed by atoms with Crippen LogP contribution >= 0.6 is 23.2 Å². The summed E-state index contributed by atoms with van der Waals surface area (Å²) >= 11 is 12.3. The van der Waals surface area contributed by atoms with Gasteiger partial charge in [0, 0.05) is 21.2 Å². The summed E-state index contributed by atoms with van der Waals surface area (Å²) in [5, 5.41) is 1.12. The zero-order chi connectivity index (χ0) is 25.3. The molecule has 36 heavy (non-hydrogen) atoms. The number of ether oxygens (including phenoxy) is 1. The van der Waals surface area contributed by atoms with E-state index in [9.17, 15) is 8.42 Å². The molecule has 0 fully saturated rings. The summed E-state index contributed by atoms with van der Waals surface area (Å²) in [5.74, 6) is 0.589. The number of rotatable bonds is 5. The molecule has 0 N–H and O–H groups in total. The lowest BCUT2D eigenvalue weighted by molar-refractivity contribution is 0.0295. The molecule has 7 heteroatoms. The van der Waals surface area contributed by atoms with Gasteiger partial charge >= 0.3 is 0 Å². The third-order valence-electron chi connectivity index (χ3n) is 6.07. The van der Waals surface area contributed by atoms with Crippen molar-refractivity contribution in [2.45, 2.75) is 24.1 Å². The number of nitrogens with zero attached hydrogens (tertiary/aromatic N) is 1. The quantitative estimate of drug-likeness (QED) is 0.261. The van der Waals surface area contributed by atoms with Crippen LogP contribution in [0, 0.1) is 6.92 Å². The first-order chi connectivity index (χ1) is 17.3. The zero-order valence-corrected chi connectivity index (χ0v) is 21.7. The maximum absolute atomic E-state index is 14.2. The highest BCUT2D eigenvalue weighted by Gasteiger charge is 2.43. The molecule has 4 aromatic carbocycles. The Bertz CT molecular complexity index is 1490. The van der Waals surface area contributed by atoms with Crippen LogP contribution in [-0.2, 0) is 14.8 Å². The van der Waals surface area contributed by atoms with Gasteiger partial charge in [0.2, 0.25) is 10.0 Å². The highest BCUT2D eigenvalue weighted by molar-refractivity contribution is 7.89. The van der Waals surface area contributed by atoms with E-state index in [1.54, 1.807) is 60.7 Å². The fourth-order valence-corrected chi connectivity index (χ4v) is 6.07. The summed E-state index contributed by atoms with van der Waals surface area (Å²) in [6.07, 6.45) is 0.908. The summed E-state index contributed by atoms with van der Waals surface area (Å²) in [7, 11) is -4.00. The molecule has 0 amide bonds. The van der Waals surface area contributed by atoms with E-state index < -0.39 is 22.3 Å². The summed E-state index contributed by atoms with van der Waals surface area (Å²) < 4.78 is 36.3. The lowest BCUT2D eigenvalue weighted by atomic mass is 10.0. The van der Waals surface area contributed by atoms with Crippen LogP contribution in [0.25, 0.3) is 5.76 Å². The summed E-state index contributed by atoms with van der Waals surface area (Å²) in [5.41, 5.74) is 3.25. The van der Waals surface area contributed by atoms with Gasteiger partial charge in [0.25, 0.3) is 0 Å². The van der Waals surface area contributed by atoms with E-state index in [2.05, 4.69) is 0 Å². The van der Waals surface area contributed by atoms with Crippen molar-refractivity contribution in [2.24, 2.45) is 0 Å². The fourth-order valence-electron chi connectivity index (χ4n) is 4.19. The van der Waals surface area contributed by atoms with E-state index in [0.29, 0.717) is 21.4 Å². The minimum atomic E-state index is -4.00. The second-order valence-corrected chi connectivity index (χ2v) is 11.3. The lowest BCUT2D eigenvalue weighted by Crippen LogP contribution is -2.41. The predicted molar refractivity (Wildman–Crippen MR) is 144 cm³/mol. The van der Waals surface area contributed by atoms with Crippen LogP contribution in [0.5, 0.6) is 0 Å². The van der Waals surface area contributed by atoms with Crippen molar-refractivity contribution in [2.75, 3.05) is 0 Å². The fraction of sp³-hybridized carbons (Fsp3) is 0.103. The van der Waals surface area contributed by atoms with E-state index >= 15 is 0 Å². The Morgan fingerprint density at radius 3 is 1.86 bits per heavy atom. The van der Waals surface area contributed by atoms with Crippen LogP contribution in [0.2, 0.25) is 10.0 Å². The van der Waals surface area contributed by atoms with Crippen LogP contribution in [0.15, 0.2) is 114 Å². The van der Waals surface area contributed by atoms with Gasteiger partial charge in [-0.1, -0.05) is 95.5 Å². The third kappa shape index (κ3) is 4.93. The Morgan fingerprint density at radius 2 is 1.28 bits per heavy atom. The van der Waals surface area contributed by atoms with Gasteiger partial charge in [-0.15, -0.1) is 4.31 Å². The van der Waals surface area contributed by atoms with Gasteiger partial charge in [-0.3, -0.25) is 0 Å². The molecule has 4 nitrogen and oxygen atoms in total. The van der Waals surface area contributed by atoms with E-state index in [0.717, 1.165) is 16.7 Å². The van der Waals surface area contributed by atoms with Crippen LogP contribution in [0.4, 0.5) is 0 Å². The molecule has 0 radical (unpaired) electrons. The monoisotopic (exact) mass is 535 g/mol. The number of hydrogen-bond acceptors (Lipinski definition) is 3. The minimum absolute atomic E-state index is 0.186. The van der Waals surface area contributed by atoms with Crippen molar-refractivity contribution in [1.29, 1.82) is 0 Å². The zero-order valence-electron chi connectivity index (χ0n) is 19.4. The van der Waals surface area contributed by atoms with Crippen LogP contribution in [0.3, 0.4) is 0 Å². The second kappa shape index (κ2) is 10.1. The van der Waals surface area contributed by atoms with Crippen molar-refractivity contribution >= 4 is 39.0 Å². The molecule has 0 aliphatic carbocycles. The molecule has 0 saturated carbocycles. The van der Waals surface area contributed by atoms with E-state index in [4.69, 9.17) is 27.9 Å². The lowest BCUT2D eigenvalue weighted by Gasteiger charge is -2.40. The molecule has 0 aromatic heterocycles. The van der Waals surface area contributed by atoms with Gasteiger partial charge in [-0.25, -0.2) is 8.42 Å². The largest absolute Gasteiger partial charge is 0.470 e. The normalized spacial score (nSPS) is 18.4. The first kappa shape index (κ1) is 24.6. The Morgan fingerprint density at radius 1 is 0.722 bits per heavy atom. The van der Waals surface area contributed by atoms with E-state index in [-0.39, 0.29) is 4.90 Å². The highest BCUT2D eigenvalue weighted by atomic mass is 35.5. The topological polar surface area (TPSA) is 46.6 Å². The second-order valence-electron chi connectivity index (χ2n) is 8.56. The Hall–Kier alpha value is -3.09. The van der Waals surface area contributed by atoms with Crippen LogP contribution in [0.1, 0.15) is 34.5 Å². The van der Waals surface area contributed by atoms with Crippen LogP contribution < -0.4 is 0 Å².